The van der Waals surface area contributed by atoms with Gasteiger partial charge in [-0.05, 0) is 36.7 Å². The van der Waals surface area contributed by atoms with Crippen LogP contribution in [0.3, 0.4) is 0 Å². The molecule has 0 bridgehead atoms. The largest absolute Gasteiger partial charge is 0.308 e. The molecule has 0 amide bonds. The van der Waals surface area contributed by atoms with E-state index in [0.29, 0.717) is 10.0 Å². The Labute approximate surface area is 123 Å². The molecule has 0 saturated carbocycles. The Morgan fingerprint density at radius 3 is 2.68 bits per heavy atom. The highest BCUT2D eigenvalue weighted by Gasteiger charge is 2.19. The summed E-state index contributed by atoms with van der Waals surface area (Å²) in [5.41, 5.74) is 3.15. The van der Waals surface area contributed by atoms with Crippen LogP contribution in [0.25, 0.3) is 0 Å². The first-order valence-corrected chi connectivity index (χ1v) is 6.99. The van der Waals surface area contributed by atoms with Crippen LogP contribution in [0.15, 0.2) is 36.5 Å². The highest BCUT2D eigenvalue weighted by atomic mass is 35.5. The van der Waals surface area contributed by atoms with Crippen molar-refractivity contribution in [2.24, 2.45) is 0 Å². The van der Waals surface area contributed by atoms with Gasteiger partial charge in [-0.3, -0.25) is 4.98 Å². The standard InChI is InChI=1S/C15H16Cl2N2/c1-3-10-6-5-9-19-14(10)15(18-2)11-7-4-8-12(16)13(11)17/h4-9,15,18H,3H2,1-2H3. The second kappa shape index (κ2) is 6.38. The number of aryl methyl sites for hydroxylation is 1. The number of hydrogen-bond acceptors (Lipinski definition) is 2. The summed E-state index contributed by atoms with van der Waals surface area (Å²) in [6, 6.07) is 9.66. The zero-order valence-electron chi connectivity index (χ0n) is 11.0. The Morgan fingerprint density at radius 1 is 1.21 bits per heavy atom. The zero-order valence-corrected chi connectivity index (χ0v) is 12.5. The number of hydrogen-bond donors (Lipinski definition) is 1. The Kier molecular flexibility index (Phi) is 4.81. The van der Waals surface area contributed by atoms with E-state index < -0.39 is 0 Å². The van der Waals surface area contributed by atoms with Gasteiger partial charge in [0.15, 0.2) is 0 Å². The summed E-state index contributed by atoms with van der Waals surface area (Å²) in [6.45, 7) is 2.12. The summed E-state index contributed by atoms with van der Waals surface area (Å²) >= 11 is 12.4. The average Bonchev–Trinajstić information content (AvgIpc) is 2.45. The summed E-state index contributed by atoms with van der Waals surface area (Å²) in [6.07, 6.45) is 2.73. The summed E-state index contributed by atoms with van der Waals surface area (Å²) in [5.74, 6) is 0. The topological polar surface area (TPSA) is 24.9 Å². The maximum atomic E-state index is 6.31. The van der Waals surface area contributed by atoms with Crippen molar-refractivity contribution in [2.75, 3.05) is 7.05 Å². The lowest BCUT2D eigenvalue weighted by Gasteiger charge is -2.20. The molecule has 2 aromatic rings. The summed E-state index contributed by atoms with van der Waals surface area (Å²) in [4.78, 5) is 4.50. The van der Waals surface area contributed by atoms with Gasteiger partial charge >= 0.3 is 0 Å². The van der Waals surface area contributed by atoms with Gasteiger partial charge in [-0.25, -0.2) is 0 Å². The average molecular weight is 295 g/mol. The molecule has 1 aromatic carbocycles. The molecular formula is C15H16Cl2N2. The second-order valence-electron chi connectivity index (χ2n) is 4.27. The van der Waals surface area contributed by atoms with Crippen molar-refractivity contribution in [3.63, 3.8) is 0 Å². The van der Waals surface area contributed by atoms with Gasteiger partial charge in [0.05, 0.1) is 21.8 Å². The van der Waals surface area contributed by atoms with E-state index in [4.69, 9.17) is 23.2 Å². The molecule has 0 fully saturated rings. The van der Waals surface area contributed by atoms with Crippen LogP contribution in [0.4, 0.5) is 0 Å². The predicted molar refractivity (Wildman–Crippen MR) is 81.0 cm³/mol. The smallest absolute Gasteiger partial charge is 0.0766 e. The van der Waals surface area contributed by atoms with Crippen LogP contribution >= 0.6 is 23.2 Å². The third-order valence-electron chi connectivity index (χ3n) is 3.16. The molecule has 0 aliphatic rings. The van der Waals surface area contributed by atoms with Crippen molar-refractivity contribution in [2.45, 2.75) is 19.4 Å². The van der Waals surface area contributed by atoms with Gasteiger partial charge in [0.2, 0.25) is 0 Å². The minimum Gasteiger partial charge on any atom is -0.308 e. The molecule has 0 spiro atoms. The van der Waals surface area contributed by atoms with Crippen molar-refractivity contribution in [1.29, 1.82) is 0 Å². The molecule has 0 aliphatic carbocycles. The molecule has 2 nitrogen and oxygen atoms in total. The van der Waals surface area contributed by atoms with Crippen molar-refractivity contribution < 1.29 is 0 Å². The number of nitrogens with zero attached hydrogens (tertiary/aromatic N) is 1. The molecule has 0 radical (unpaired) electrons. The van der Waals surface area contributed by atoms with Gasteiger partial charge in [-0.2, -0.15) is 0 Å². The highest BCUT2D eigenvalue weighted by molar-refractivity contribution is 6.42. The van der Waals surface area contributed by atoms with Crippen molar-refractivity contribution in [3.05, 3.63) is 63.4 Å². The molecule has 1 unspecified atom stereocenters. The molecule has 100 valence electrons. The Hall–Kier alpha value is -1.09. The van der Waals surface area contributed by atoms with Gasteiger partial charge in [-0.15, -0.1) is 0 Å². The van der Waals surface area contributed by atoms with E-state index in [0.717, 1.165) is 17.7 Å². The lowest BCUT2D eigenvalue weighted by atomic mass is 9.98. The Morgan fingerprint density at radius 2 is 2.00 bits per heavy atom. The van der Waals surface area contributed by atoms with E-state index in [1.807, 2.05) is 25.2 Å². The van der Waals surface area contributed by atoms with E-state index in [-0.39, 0.29) is 6.04 Å². The van der Waals surface area contributed by atoms with Gasteiger partial charge in [0.1, 0.15) is 0 Å². The maximum Gasteiger partial charge on any atom is 0.0766 e. The number of rotatable bonds is 4. The van der Waals surface area contributed by atoms with E-state index in [1.54, 1.807) is 12.3 Å². The zero-order chi connectivity index (χ0) is 13.8. The first-order valence-electron chi connectivity index (χ1n) is 6.24. The molecule has 1 heterocycles. The van der Waals surface area contributed by atoms with E-state index >= 15 is 0 Å². The fourth-order valence-corrected chi connectivity index (χ4v) is 2.61. The highest BCUT2D eigenvalue weighted by Crippen LogP contribution is 2.33. The summed E-state index contributed by atoms with van der Waals surface area (Å²) in [7, 11) is 1.90. The number of nitrogens with one attached hydrogen (secondary N) is 1. The van der Waals surface area contributed by atoms with Crippen LogP contribution in [0.1, 0.15) is 29.8 Å². The molecule has 4 heteroatoms. The van der Waals surface area contributed by atoms with Gasteiger partial charge in [-0.1, -0.05) is 48.3 Å². The monoisotopic (exact) mass is 294 g/mol. The minimum absolute atomic E-state index is 0.0534. The van der Waals surface area contributed by atoms with Crippen LogP contribution in [0.2, 0.25) is 10.0 Å². The number of pyridine rings is 1. The van der Waals surface area contributed by atoms with Crippen LogP contribution in [0.5, 0.6) is 0 Å². The minimum atomic E-state index is -0.0534. The molecule has 1 atom stereocenters. The maximum absolute atomic E-state index is 6.31. The van der Waals surface area contributed by atoms with E-state index in [1.165, 1.54) is 5.56 Å². The Bertz CT molecular complexity index is 570. The Balaban J connectivity index is 2.53. The number of benzene rings is 1. The first-order chi connectivity index (χ1) is 9.19. The summed E-state index contributed by atoms with van der Waals surface area (Å²) < 4.78 is 0. The third-order valence-corrected chi connectivity index (χ3v) is 4.00. The van der Waals surface area contributed by atoms with Crippen molar-refractivity contribution in [3.8, 4) is 0 Å². The van der Waals surface area contributed by atoms with Gasteiger partial charge < -0.3 is 5.32 Å². The van der Waals surface area contributed by atoms with Crippen LogP contribution < -0.4 is 5.32 Å². The molecule has 0 aliphatic heterocycles. The third kappa shape index (κ3) is 2.92. The van der Waals surface area contributed by atoms with Crippen molar-refractivity contribution >= 4 is 23.2 Å². The molecule has 1 N–H and O–H groups in total. The van der Waals surface area contributed by atoms with E-state index in [2.05, 4.69) is 23.3 Å². The molecular weight excluding hydrogens is 279 g/mol. The van der Waals surface area contributed by atoms with Gasteiger partial charge in [0, 0.05) is 6.20 Å². The molecule has 19 heavy (non-hydrogen) atoms. The number of aromatic nitrogens is 1. The lowest BCUT2D eigenvalue weighted by molar-refractivity contribution is 0.662. The van der Waals surface area contributed by atoms with E-state index in [9.17, 15) is 0 Å². The fourth-order valence-electron chi connectivity index (χ4n) is 2.19. The fraction of sp³-hybridized carbons (Fsp3) is 0.267. The predicted octanol–water partition coefficient (Wildman–Crippen LogP) is 4.26. The number of halogens is 2. The van der Waals surface area contributed by atoms with Gasteiger partial charge in [0.25, 0.3) is 0 Å². The SMILES string of the molecule is CCc1cccnc1C(NC)c1cccc(Cl)c1Cl. The molecule has 0 saturated heterocycles. The second-order valence-corrected chi connectivity index (χ2v) is 5.05. The van der Waals surface area contributed by atoms with Crippen LogP contribution in [-0.2, 0) is 6.42 Å². The lowest BCUT2D eigenvalue weighted by Crippen LogP contribution is -2.21. The first kappa shape index (κ1) is 14.3. The van der Waals surface area contributed by atoms with Crippen LogP contribution in [-0.4, -0.2) is 12.0 Å². The molecule has 2 rings (SSSR count). The van der Waals surface area contributed by atoms with Crippen LogP contribution in [0, 0.1) is 0 Å². The molecule has 1 aromatic heterocycles. The normalized spacial score (nSPS) is 12.4. The quantitative estimate of drug-likeness (QED) is 0.911. The summed E-state index contributed by atoms with van der Waals surface area (Å²) in [5, 5.41) is 4.41. The van der Waals surface area contributed by atoms with Crippen molar-refractivity contribution in [1.82, 2.24) is 10.3 Å².